The number of thioether (sulfide) groups is 1. The van der Waals surface area contributed by atoms with Gasteiger partial charge in [-0.05, 0) is 56.0 Å². The van der Waals surface area contributed by atoms with Crippen LogP contribution in [0.2, 0.25) is 0 Å². The van der Waals surface area contributed by atoms with Crippen LogP contribution in [0.3, 0.4) is 0 Å². The summed E-state index contributed by atoms with van der Waals surface area (Å²) in [4.78, 5) is 23.7. The van der Waals surface area contributed by atoms with E-state index in [1.54, 1.807) is 18.0 Å². The van der Waals surface area contributed by atoms with E-state index < -0.39 is 0 Å². The van der Waals surface area contributed by atoms with Gasteiger partial charge in [0.1, 0.15) is 5.82 Å². The molecule has 2 unspecified atom stereocenters. The van der Waals surface area contributed by atoms with Crippen LogP contribution < -0.4 is 10.2 Å². The Kier molecular flexibility index (Phi) is 6.58. The van der Waals surface area contributed by atoms with E-state index in [1.807, 2.05) is 59.6 Å². The minimum atomic E-state index is -0.109. The summed E-state index contributed by atoms with van der Waals surface area (Å²) in [5, 5.41) is 3.88. The van der Waals surface area contributed by atoms with Crippen LogP contribution in [0.15, 0.2) is 60.1 Å². The molecule has 2 aromatic heterocycles. The fourth-order valence-corrected chi connectivity index (χ4v) is 4.30. The van der Waals surface area contributed by atoms with Crippen molar-refractivity contribution in [3.8, 4) is 5.69 Å². The number of amides is 1. The Morgan fingerprint density at radius 3 is 2.52 bits per heavy atom. The second-order valence-electron chi connectivity index (χ2n) is 7.70. The lowest BCUT2D eigenvalue weighted by Gasteiger charge is -2.36. The third kappa shape index (κ3) is 5.08. The van der Waals surface area contributed by atoms with Crippen molar-refractivity contribution in [2.75, 3.05) is 24.2 Å². The van der Waals surface area contributed by atoms with Gasteiger partial charge in [-0.1, -0.05) is 17.8 Å². The molecule has 3 heterocycles. The first kappa shape index (κ1) is 21.4. The molecule has 0 spiro atoms. The van der Waals surface area contributed by atoms with Gasteiger partial charge in [-0.2, -0.15) is 0 Å². The fraction of sp³-hybridized carbons (Fsp3) is 0.348. The number of rotatable bonds is 6. The Hall–Kier alpha value is -2.84. The number of nitrogens with zero attached hydrogens (tertiary/aromatic N) is 4. The van der Waals surface area contributed by atoms with Gasteiger partial charge in [0.15, 0.2) is 5.16 Å². The number of hydrogen-bond donors (Lipinski definition) is 1. The van der Waals surface area contributed by atoms with Crippen molar-refractivity contribution in [1.29, 1.82) is 0 Å². The van der Waals surface area contributed by atoms with Crippen molar-refractivity contribution in [1.82, 2.24) is 19.9 Å². The number of aromatic nitrogens is 3. The first-order valence-corrected chi connectivity index (χ1v) is 11.6. The van der Waals surface area contributed by atoms with Crippen molar-refractivity contribution in [3.05, 3.63) is 66.1 Å². The third-order valence-corrected chi connectivity index (χ3v) is 5.87. The maximum Gasteiger partial charge on any atom is 0.251 e. The highest BCUT2D eigenvalue weighted by Crippen LogP contribution is 2.20. The molecule has 1 amide bonds. The Morgan fingerprint density at radius 1 is 1.13 bits per heavy atom. The lowest BCUT2D eigenvalue weighted by Crippen LogP contribution is -2.45. The van der Waals surface area contributed by atoms with Gasteiger partial charge in [-0.25, -0.2) is 9.97 Å². The van der Waals surface area contributed by atoms with Gasteiger partial charge in [-0.3, -0.25) is 9.36 Å². The quantitative estimate of drug-likeness (QED) is 0.595. The Bertz CT molecular complexity index is 1010. The summed E-state index contributed by atoms with van der Waals surface area (Å²) in [6.45, 7) is 6.26. The molecule has 4 rings (SSSR count). The summed E-state index contributed by atoms with van der Waals surface area (Å²) >= 11 is 1.58. The number of nitrogens with one attached hydrogen (secondary N) is 1. The topological polar surface area (TPSA) is 72.3 Å². The lowest BCUT2D eigenvalue weighted by molar-refractivity contribution is -0.00546. The number of anilines is 1. The number of benzene rings is 1. The number of ether oxygens (including phenoxy) is 1. The zero-order valence-electron chi connectivity index (χ0n) is 18.0. The zero-order valence-corrected chi connectivity index (χ0v) is 18.8. The van der Waals surface area contributed by atoms with Crippen LogP contribution in [0.4, 0.5) is 5.82 Å². The van der Waals surface area contributed by atoms with Crippen molar-refractivity contribution >= 4 is 23.5 Å². The molecule has 7 nitrogen and oxygen atoms in total. The van der Waals surface area contributed by atoms with Crippen molar-refractivity contribution in [2.45, 2.75) is 37.8 Å². The van der Waals surface area contributed by atoms with E-state index in [2.05, 4.69) is 34.0 Å². The second-order valence-corrected chi connectivity index (χ2v) is 8.47. The van der Waals surface area contributed by atoms with E-state index >= 15 is 0 Å². The zero-order chi connectivity index (χ0) is 21.8. The maximum absolute atomic E-state index is 12.5. The summed E-state index contributed by atoms with van der Waals surface area (Å²) < 4.78 is 7.78. The largest absolute Gasteiger partial charge is 0.372 e. The SMILES string of the molecule is CSc1nccn1-c1ccc(C(=O)NCc2ccc(N3CC(C)OC(C)C3)nc2)cc1. The fourth-order valence-electron chi connectivity index (χ4n) is 3.77. The second kappa shape index (κ2) is 9.53. The van der Waals surface area contributed by atoms with Crippen molar-refractivity contribution in [2.24, 2.45) is 0 Å². The van der Waals surface area contributed by atoms with Gasteiger partial charge < -0.3 is 15.0 Å². The molecule has 1 aliphatic heterocycles. The van der Waals surface area contributed by atoms with Gasteiger partial charge in [0.2, 0.25) is 0 Å². The summed E-state index contributed by atoms with van der Waals surface area (Å²) in [5.41, 5.74) is 2.56. The monoisotopic (exact) mass is 437 g/mol. The van der Waals surface area contributed by atoms with Crippen LogP contribution in [0, 0.1) is 0 Å². The Labute approximate surface area is 186 Å². The molecular formula is C23H27N5O2S. The van der Waals surface area contributed by atoms with E-state index in [0.29, 0.717) is 12.1 Å². The Morgan fingerprint density at radius 2 is 1.87 bits per heavy atom. The molecule has 162 valence electrons. The average Bonchev–Trinajstić information content (AvgIpc) is 3.26. The van der Waals surface area contributed by atoms with E-state index in [-0.39, 0.29) is 18.1 Å². The van der Waals surface area contributed by atoms with Gasteiger partial charge in [-0.15, -0.1) is 0 Å². The number of carbonyl (C=O) groups is 1. The molecule has 1 aliphatic rings. The highest BCUT2D eigenvalue weighted by molar-refractivity contribution is 7.98. The number of pyridine rings is 1. The van der Waals surface area contributed by atoms with Crippen LogP contribution >= 0.6 is 11.8 Å². The maximum atomic E-state index is 12.5. The minimum absolute atomic E-state index is 0.109. The number of hydrogen-bond acceptors (Lipinski definition) is 6. The van der Waals surface area contributed by atoms with E-state index in [0.717, 1.165) is 35.3 Å². The van der Waals surface area contributed by atoms with Gasteiger partial charge in [0, 0.05) is 49.5 Å². The third-order valence-electron chi connectivity index (χ3n) is 5.20. The molecule has 0 bridgehead atoms. The predicted octanol–water partition coefficient (Wildman–Crippen LogP) is 3.53. The number of imidazole rings is 1. The van der Waals surface area contributed by atoms with E-state index in [9.17, 15) is 4.79 Å². The standard InChI is InChI=1S/C23H27N5O2S/c1-16-14-27(15-17(2)30-16)21-9-4-18(12-25-21)13-26-22(29)19-5-7-20(8-6-19)28-11-10-24-23(28)31-3/h4-12,16-17H,13-15H2,1-3H3,(H,26,29). The van der Waals surface area contributed by atoms with Crippen LogP contribution in [0.5, 0.6) is 0 Å². The molecule has 0 aliphatic carbocycles. The molecule has 2 atom stereocenters. The molecule has 31 heavy (non-hydrogen) atoms. The van der Waals surface area contributed by atoms with Crippen molar-refractivity contribution < 1.29 is 9.53 Å². The highest BCUT2D eigenvalue weighted by atomic mass is 32.2. The lowest BCUT2D eigenvalue weighted by atomic mass is 10.2. The van der Waals surface area contributed by atoms with Crippen LogP contribution in [0.25, 0.3) is 5.69 Å². The molecule has 1 saturated heterocycles. The molecule has 0 radical (unpaired) electrons. The molecule has 1 fully saturated rings. The van der Waals surface area contributed by atoms with Crippen LogP contribution in [0.1, 0.15) is 29.8 Å². The van der Waals surface area contributed by atoms with Crippen molar-refractivity contribution in [3.63, 3.8) is 0 Å². The summed E-state index contributed by atoms with van der Waals surface area (Å²) in [5.74, 6) is 0.832. The Balaban J connectivity index is 1.34. The highest BCUT2D eigenvalue weighted by Gasteiger charge is 2.23. The molecule has 0 saturated carbocycles. The first-order chi connectivity index (χ1) is 15.0. The van der Waals surface area contributed by atoms with Gasteiger partial charge in [0.25, 0.3) is 5.91 Å². The number of carbonyl (C=O) groups excluding carboxylic acids is 1. The summed E-state index contributed by atoms with van der Waals surface area (Å²) in [6, 6.07) is 11.5. The summed E-state index contributed by atoms with van der Waals surface area (Å²) in [6.07, 6.45) is 7.88. The molecule has 1 aromatic carbocycles. The van der Waals surface area contributed by atoms with Gasteiger partial charge in [0.05, 0.1) is 12.2 Å². The molecular weight excluding hydrogens is 410 g/mol. The molecule has 8 heteroatoms. The smallest absolute Gasteiger partial charge is 0.251 e. The minimum Gasteiger partial charge on any atom is -0.372 e. The van der Waals surface area contributed by atoms with Crippen LogP contribution in [-0.2, 0) is 11.3 Å². The van der Waals surface area contributed by atoms with Gasteiger partial charge >= 0.3 is 0 Å². The first-order valence-electron chi connectivity index (χ1n) is 10.3. The molecule has 3 aromatic rings. The number of morpholine rings is 1. The summed E-state index contributed by atoms with van der Waals surface area (Å²) in [7, 11) is 0. The molecule has 1 N–H and O–H groups in total. The van der Waals surface area contributed by atoms with Crippen LogP contribution in [-0.4, -0.2) is 52.0 Å². The average molecular weight is 438 g/mol. The van der Waals surface area contributed by atoms with E-state index in [1.165, 1.54) is 0 Å². The normalized spacial score (nSPS) is 18.7. The predicted molar refractivity (Wildman–Crippen MR) is 123 cm³/mol. The van der Waals surface area contributed by atoms with E-state index in [4.69, 9.17) is 4.74 Å².